The second-order valence-electron chi connectivity index (χ2n) is 5.06. The Bertz CT molecular complexity index is 413. The summed E-state index contributed by atoms with van der Waals surface area (Å²) in [5.41, 5.74) is 1.89. The number of amides is 1. The van der Waals surface area contributed by atoms with Gasteiger partial charge >= 0.3 is 0 Å². The normalized spacial score (nSPS) is 16.1. The number of ether oxygens (including phenoxy) is 1. The number of rotatable bonds is 7. The van der Waals surface area contributed by atoms with E-state index in [0.717, 1.165) is 19.1 Å². The van der Waals surface area contributed by atoms with Crippen molar-refractivity contribution in [2.24, 2.45) is 5.92 Å². The minimum Gasteiger partial charge on any atom is -0.383 e. The molecule has 19 heavy (non-hydrogen) atoms. The number of methoxy groups -OCH3 is 1. The van der Waals surface area contributed by atoms with E-state index in [1.807, 2.05) is 24.3 Å². The maximum Gasteiger partial charge on any atom is 0.251 e. The Morgan fingerprint density at radius 3 is 2.58 bits per heavy atom. The molecule has 1 aliphatic carbocycles. The summed E-state index contributed by atoms with van der Waals surface area (Å²) >= 11 is 0. The van der Waals surface area contributed by atoms with Crippen LogP contribution in [-0.4, -0.2) is 32.7 Å². The predicted octanol–water partition coefficient (Wildman–Crippen LogP) is 1.56. The van der Waals surface area contributed by atoms with E-state index in [4.69, 9.17) is 4.74 Å². The summed E-state index contributed by atoms with van der Waals surface area (Å²) in [4.78, 5) is 11.4. The van der Waals surface area contributed by atoms with Crippen molar-refractivity contribution in [2.45, 2.75) is 25.4 Å². The summed E-state index contributed by atoms with van der Waals surface area (Å²) in [6.45, 7) is 1.58. The smallest absolute Gasteiger partial charge is 0.251 e. The van der Waals surface area contributed by atoms with E-state index in [-0.39, 0.29) is 5.91 Å². The van der Waals surface area contributed by atoms with Gasteiger partial charge in [-0.3, -0.25) is 4.79 Å². The molecule has 0 aromatic heterocycles. The van der Waals surface area contributed by atoms with Gasteiger partial charge in [0.1, 0.15) is 0 Å². The van der Waals surface area contributed by atoms with Gasteiger partial charge in [-0.15, -0.1) is 0 Å². The fourth-order valence-corrected chi connectivity index (χ4v) is 2.21. The van der Waals surface area contributed by atoms with Crippen molar-refractivity contribution in [3.8, 4) is 0 Å². The fraction of sp³-hybridized carbons (Fsp3) is 0.533. The number of carbonyl (C=O) groups is 1. The molecule has 0 radical (unpaired) electrons. The molecule has 2 rings (SSSR count). The lowest BCUT2D eigenvalue weighted by molar-refractivity contribution is 0.0963. The van der Waals surface area contributed by atoms with Gasteiger partial charge in [0.15, 0.2) is 0 Å². The van der Waals surface area contributed by atoms with Crippen molar-refractivity contribution in [2.75, 3.05) is 20.8 Å². The van der Waals surface area contributed by atoms with Crippen LogP contribution in [0, 0.1) is 5.92 Å². The quantitative estimate of drug-likeness (QED) is 0.784. The van der Waals surface area contributed by atoms with Crippen LogP contribution in [0.15, 0.2) is 24.3 Å². The van der Waals surface area contributed by atoms with Crippen LogP contribution < -0.4 is 10.6 Å². The van der Waals surface area contributed by atoms with Gasteiger partial charge in [0.2, 0.25) is 0 Å². The zero-order valence-electron chi connectivity index (χ0n) is 11.6. The monoisotopic (exact) mass is 262 g/mol. The highest BCUT2D eigenvalue weighted by Gasteiger charge is 2.30. The highest BCUT2D eigenvalue weighted by atomic mass is 16.5. The lowest BCUT2D eigenvalue weighted by Gasteiger charge is -2.17. The minimum atomic E-state index is -0.0465. The van der Waals surface area contributed by atoms with Gasteiger partial charge in [0, 0.05) is 32.3 Å². The average molecular weight is 262 g/mol. The third-order valence-corrected chi connectivity index (χ3v) is 3.55. The molecule has 0 spiro atoms. The molecular formula is C15H22N2O2. The molecule has 1 aliphatic rings. The van der Waals surface area contributed by atoms with Crippen molar-refractivity contribution in [1.82, 2.24) is 10.6 Å². The molecular weight excluding hydrogens is 240 g/mol. The molecule has 1 unspecified atom stereocenters. The Kier molecular flexibility index (Phi) is 4.93. The maximum absolute atomic E-state index is 11.4. The average Bonchev–Trinajstić information content (AvgIpc) is 3.27. The first-order chi connectivity index (χ1) is 9.24. The number of hydrogen-bond donors (Lipinski definition) is 2. The van der Waals surface area contributed by atoms with Crippen LogP contribution in [0.1, 0.15) is 28.8 Å². The summed E-state index contributed by atoms with van der Waals surface area (Å²) in [5, 5.41) is 6.16. The summed E-state index contributed by atoms with van der Waals surface area (Å²) < 4.78 is 5.24. The Hall–Kier alpha value is -1.39. The van der Waals surface area contributed by atoms with Gasteiger partial charge in [0.25, 0.3) is 5.91 Å². The van der Waals surface area contributed by atoms with Gasteiger partial charge in [-0.2, -0.15) is 0 Å². The maximum atomic E-state index is 11.4. The van der Waals surface area contributed by atoms with Crippen LogP contribution in [0.4, 0.5) is 0 Å². The Labute approximate surface area is 114 Å². The third kappa shape index (κ3) is 4.04. The largest absolute Gasteiger partial charge is 0.383 e. The van der Waals surface area contributed by atoms with Crippen molar-refractivity contribution in [3.05, 3.63) is 35.4 Å². The van der Waals surface area contributed by atoms with E-state index in [2.05, 4.69) is 10.6 Å². The summed E-state index contributed by atoms with van der Waals surface area (Å²) in [7, 11) is 3.39. The second kappa shape index (κ2) is 6.68. The molecule has 2 N–H and O–H groups in total. The predicted molar refractivity (Wildman–Crippen MR) is 75.1 cm³/mol. The van der Waals surface area contributed by atoms with E-state index < -0.39 is 0 Å². The van der Waals surface area contributed by atoms with Crippen molar-refractivity contribution < 1.29 is 9.53 Å². The van der Waals surface area contributed by atoms with Crippen LogP contribution in [0.3, 0.4) is 0 Å². The number of carbonyl (C=O) groups excluding carboxylic acids is 1. The Morgan fingerprint density at radius 2 is 2.05 bits per heavy atom. The molecule has 0 bridgehead atoms. The van der Waals surface area contributed by atoms with Gasteiger partial charge in [0.05, 0.1) is 6.61 Å². The van der Waals surface area contributed by atoms with Crippen LogP contribution >= 0.6 is 0 Å². The first-order valence-electron chi connectivity index (χ1n) is 6.78. The number of benzene rings is 1. The van der Waals surface area contributed by atoms with E-state index in [1.165, 1.54) is 18.4 Å². The molecule has 1 saturated carbocycles. The SMILES string of the molecule is CNC(=O)c1ccc(CNC(COC)C2CC2)cc1. The number of hydrogen-bond acceptors (Lipinski definition) is 3. The van der Waals surface area contributed by atoms with Crippen molar-refractivity contribution >= 4 is 5.91 Å². The number of nitrogens with one attached hydrogen (secondary N) is 2. The zero-order valence-corrected chi connectivity index (χ0v) is 11.6. The molecule has 0 aliphatic heterocycles. The molecule has 1 aromatic rings. The van der Waals surface area contributed by atoms with E-state index in [1.54, 1.807) is 14.2 Å². The van der Waals surface area contributed by atoms with Crippen LogP contribution in [0.25, 0.3) is 0 Å². The minimum absolute atomic E-state index is 0.0465. The van der Waals surface area contributed by atoms with Gasteiger partial charge in [-0.25, -0.2) is 0 Å². The van der Waals surface area contributed by atoms with E-state index in [9.17, 15) is 4.79 Å². The van der Waals surface area contributed by atoms with Crippen LogP contribution in [0.5, 0.6) is 0 Å². The van der Waals surface area contributed by atoms with E-state index >= 15 is 0 Å². The topological polar surface area (TPSA) is 50.4 Å². The van der Waals surface area contributed by atoms with Crippen LogP contribution in [0.2, 0.25) is 0 Å². The Morgan fingerprint density at radius 1 is 1.37 bits per heavy atom. The molecule has 1 aromatic carbocycles. The van der Waals surface area contributed by atoms with Gasteiger partial charge in [-0.1, -0.05) is 12.1 Å². The Balaban J connectivity index is 1.86. The highest BCUT2D eigenvalue weighted by Crippen LogP contribution is 2.32. The van der Waals surface area contributed by atoms with Crippen molar-refractivity contribution in [3.63, 3.8) is 0 Å². The summed E-state index contributed by atoms with van der Waals surface area (Å²) in [6.07, 6.45) is 2.60. The van der Waals surface area contributed by atoms with Gasteiger partial charge in [-0.05, 0) is 36.5 Å². The molecule has 0 saturated heterocycles. The van der Waals surface area contributed by atoms with E-state index in [0.29, 0.717) is 11.6 Å². The molecule has 4 heteroatoms. The highest BCUT2D eigenvalue weighted by molar-refractivity contribution is 5.93. The summed E-state index contributed by atoms with van der Waals surface area (Å²) in [6, 6.07) is 8.16. The van der Waals surface area contributed by atoms with Crippen LogP contribution in [-0.2, 0) is 11.3 Å². The first-order valence-corrected chi connectivity index (χ1v) is 6.78. The molecule has 4 nitrogen and oxygen atoms in total. The zero-order chi connectivity index (χ0) is 13.7. The second-order valence-corrected chi connectivity index (χ2v) is 5.06. The van der Waals surface area contributed by atoms with Gasteiger partial charge < -0.3 is 15.4 Å². The molecule has 104 valence electrons. The molecule has 1 amide bonds. The molecule has 1 atom stereocenters. The standard InChI is InChI=1S/C15H22N2O2/c1-16-15(18)13-5-3-11(4-6-13)9-17-14(10-19-2)12-7-8-12/h3-6,12,14,17H,7-10H2,1-2H3,(H,16,18). The fourth-order valence-electron chi connectivity index (χ4n) is 2.21. The summed E-state index contributed by atoms with van der Waals surface area (Å²) in [5.74, 6) is 0.722. The molecule has 1 fully saturated rings. The third-order valence-electron chi connectivity index (χ3n) is 3.55. The lowest BCUT2D eigenvalue weighted by Crippen LogP contribution is -2.34. The van der Waals surface area contributed by atoms with Crippen molar-refractivity contribution in [1.29, 1.82) is 0 Å². The molecule has 0 heterocycles. The lowest BCUT2D eigenvalue weighted by atomic mass is 10.1. The first kappa shape index (κ1) is 14.0.